The lowest BCUT2D eigenvalue weighted by molar-refractivity contribution is 0.332. The van der Waals surface area contributed by atoms with Gasteiger partial charge in [-0.1, -0.05) is 45.9 Å². The van der Waals surface area contributed by atoms with Gasteiger partial charge in [-0.25, -0.2) is 0 Å². The maximum Gasteiger partial charge on any atom is 0.560 e. The van der Waals surface area contributed by atoms with Gasteiger partial charge in [-0.15, -0.1) is 0 Å². The molecule has 1 aliphatic rings. The van der Waals surface area contributed by atoms with Crippen molar-refractivity contribution in [3.8, 4) is 0 Å². The first-order chi connectivity index (χ1) is 7.85. The van der Waals surface area contributed by atoms with Crippen LogP contribution >= 0.6 is 25.8 Å². The molecule has 0 atom stereocenters. The van der Waals surface area contributed by atoms with Crippen LogP contribution < -0.4 is 0 Å². The Bertz CT molecular complexity index is 337. The van der Waals surface area contributed by atoms with Crippen LogP contribution in [0.5, 0.6) is 0 Å². The molecular formula is C14H19Br2Mg. The molecule has 0 bridgehead atoms. The molecule has 0 spiro atoms. The Morgan fingerprint density at radius 3 is 2.00 bits per heavy atom. The molecule has 1 aliphatic carbocycles. The van der Waals surface area contributed by atoms with Crippen molar-refractivity contribution in [2.45, 2.75) is 51.4 Å². The molecule has 0 saturated carbocycles. The Labute approximate surface area is 127 Å². The van der Waals surface area contributed by atoms with Gasteiger partial charge < -0.3 is 0 Å². The number of fused-ring (bicyclic) bond motifs is 1. The summed E-state index contributed by atoms with van der Waals surface area (Å²) < 4.78 is 0. The van der Waals surface area contributed by atoms with Crippen LogP contribution in [0.2, 0.25) is 0 Å². The third-order valence-electron chi connectivity index (χ3n) is 3.70. The first-order valence-corrected chi connectivity index (χ1v) is 13.8. The van der Waals surface area contributed by atoms with E-state index in [2.05, 4.69) is 71.7 Å². The summed E-state index contributed by atoms with van der Waals surface area (Å²) in [5.41, 5.74) is 3.70. The van der Waals surface area contributed by atoms with Crippen molar-refractivity contribution >= 4 is 41.8 Å². The lowest BCUT2D eigenvalue weighted by Gasteiger charge is -2.41. The van der Waals surface area contributed by atoms with E-state index in [1.165, 1.54) is 24.0 Å². The molecule has 0 N–H and O–H groups in total. The van der Waals surface area contributed by atoms with E-state index in [1.54, 1.807) is 0 Å². The predicted octanol–water partition coefficient (Wildman–Crippen LogP) is 5.15. The molecule has 17 heavy (non-hydrogen) atoms. The van der Waals surface area contributed by atoms with E-state index < -0.39 is 0 Å². The average molecular weight is 371 g/mol. The van der Waals surface area contributed by atoms with E-state index >= 15 is 0 Å². The fourth-order valence-corrected chi connectivity index (χ4v) is 2.47. The molecule has 0 aliphatic heterocycles. The Kier molecular flexibility index (Phi) is 6.03. The van der Waals surface area contributed by atoms with Crippen LogP contribution in [-0.4, -0.2) is 16.0 Å². The summed E-state index contributed by atoms with van der Waals surface area (Å²) in [6.45, 7) is 9.38. The predicted molar refractivity (Wildman–Crippen MR) is 84.2 cm³/mol. The SMILES string of the molecule is CC1(C)CCC(C)(C)c2cc[c]cc21.[Br][Mg][Br]. The van der Waals surface area contributed by atoms with E-state index in [4.69, 9.17) is 0 Å². The molecule has 0 amide bonds. The Morgan fingerprint density at radius 2 is 1.53 bits per heavy atom. The van der Waals surface area contributed by atoms with Crippen molar-refractivity contribution in [2.24, 2.45) is 0 Å². The van der Waals surface area contributed by atoms with Gasteiger partial charge in [0.05, 0.1) is 0 Å². The Balaban J connectivity index is 0.000000437. The minimum absolute atomic E-state index is 0.0417. The maximum absolute atomic E-state index is 3.21. The van der Waals surface area contributed by atoms with Crippen LogP contribution in [0.15, 0.2) is 18.2 Å². The van der Waals surface area contributed by atoms with Crippen molar-refractivity contribution in [1.29, 1.82) is 0 Å². The van der Waals surface area contributed by atoms with Crippen molar-refractivity contribution in [3.05, 3.63) is 35.4 Å². The molecule has 1 aromatic rings. The van der Waals surface area contributed by atoms with Gasteiger partial charge >= 0.3 is 16.0 Å². The number of halogens is 2. The summed E-state index contributed by atoms with van der Waals surface area (Å²) in [6.07, 6.45) is 2.57. The summed E-state index contributed by atoms with van der Waals surface area (Å²) in [6, 6.07) is 9.68. The van der Waals surface area contributed by atoms with Gasteiger partial charge in [0.25, 0.3) is 0 Å². The highest BCUT2D eigenvalue weighted by Crippen LogP contribution is 2.45. The van der Waals surface area contributed by atoms with Gasteiger partial charge in [0.2, 0.25) is 0 Å². The summed E-state index contributed by atoms with van der Waals surface area (Å²) in [5.74, 6) is 0. The highest BCUT2D eigenvalue weighted by Gasteiger charge is 2.36. The first-order valence-electron chi connectivity index (χ1n) is 5.98. The van der Waals surface area contributed by atoms with Crippen molar-refractivity contribution < 1.29 is 0 Å². The molecule has 0 aromatic heterocycles. The topological polar surface area (TPSA) is 0 Å². The zero-order valence-electron chi connectivity index (χ0n) is 11.1. The molecule has 1 aromatic carbocycles. The van der Waals surface area contributed by atoms with Crippen LogP contribution in [0.25, 0.3) is 0 Å². The number of hydrogen-bond donors (Lipinski definition) is 0. The molecular weight excluding hydrogens is 352 g/mol. The van der Waals surface area contributed by atoms with Crippen LogP contribution in [0.1, 0.15) is 51.7 Å². The molecule has 0 saturated heterocycles. The van der Waals surface area contributed by atoms with Crippen molar-refractivity contribution in [3.63, 3.8) is 0 Å². The smallest absolute Gasteiger partial charge is 0.280 e. The fraction of sp³-hybridized carbons (Fsp3) is 0.571. The third-order valence-corrected chi connectivity index (χ3v) is 3.70. The average Bonchev–Trinajstić information content (AvgIpc) is 2.27. The Morgan fingerprint density at radius 1 is 1.06 bits per heavy atom. The molecule has 3 heteroatoms. The van der Waals surface area contributed by atoms with E-state index in [1.807, 2.05) is 6.07 Å². The second-order valence-electron chi connectivity index (χ2n) is 5.84. The van der Waals surface area contributed by atoms with Gasteiger partial charge in [-0.05, 0) is 40.9 Å². The molecule has 1 radical (unpaired) electrons. The highest BCUT2D eigenvalue weighted by atomic mass is 79.9. The molecule has 0 fully saturated rings. The number of benzene rings is 1. The van der Waals surface area contributed by atoms with Crippen LogP contribution in [0.3, 0.4) is 0 Å². The molecule has 0 heterocycles. The fourth-order valence-electron chi connectivity index (χ4n) is 2.47. The number of hydrogen-bond acceptors (Lipinski definition) is 0. The maximum atomic E-state index is 3.21. The first kappa shape index (κ1) is 16.0. The van der Waals surface area contributed by atoms with E-state index in [0.717, 1.165) is 0 Å². The van der Waals surface area contributed by atoms with E-state index in [9.17, 15) is 0 Å². The van der Waals surface area contributed by atoms with Crippen molar-refractivity contribution in [1.82, 2.24) is 0 Å². The quantitative estimate of drug-likeness (QED) is 0.554. The van der Waals surface area contributed by atoms with Crippen molar-refractivity contribution in [2.75, 3.05) is 0 Å². The zero-order chi connectivity index (χ0) is 13.1. The summed E-state index contributed by atoms with van der Waals surface area (Å²) in [5, 5.41) is 0. The van der Waals surface area contributed by atoms with Gasteiger partial charge in [0.15, 0.2) is 0 Å². The summed E-state index contributed by atoms with van der Waals surface area (Å²) in [7, 11) is 0. The second-order valence-corrected chi connectivity index (χ2v) is 13.9. The standard InChI is InChI=1S/C14H19.2BrH.Mg/c1-13(2)9-10-14(3,4)12-8-6-5-7-11(12)13;;;/h5,7-8H,9-10H2,1-4H3;2*1H;/q;;;+2/p-2. The third kappa shape index (κ3) is 3.95. The minimum Gasteiger partial charge on any atom is -0.280 e. The van der Waals surface area contributed by atoms with Gasteiger partial charge in [-0.3, -0.25) is 25.8 Å². The Hall–Kier alpha value is 0.946. The van der Waals surface area contributed by atoms with Gasteiger partial charge in [-0.2, -0.15) is 0 Å². The van der Waals surface area contributed by atoms with Gasteiger partial charge in [0, 0.05) is 0 Å². The molecule has 0 unspecified atom stereocenters. The van der Waals surface area contributed by atoms with Crippen LogP contribution in [-0.2, 0) is 10.8 Å². The lowest BCUT2D eigenvalue weighted by atomic mass is 9.63. The normalized spacial score (nSPS) is 19.4. The van der Waals surface area contributed by atoms with Crippen LogP contribution in [0.4, 0.5) is 0 Å². The van der Waals surface area contributed by atoms with E-state index in [-0.39, 0.29) is 16.0 Å². The zero-order valence-corrected chi connectivity index (χ0v) is 15.7. The highest BCUT2D eigenvalue weighted by molar-refractivity contribution is 9.47. The lowest BCUT2D eigenvalue weighted by Crippen LogP contribution is -2.33. The monoisotopic (exact) mass is 369 g/mol. The molecule has 91 valence electrons. The molecule has 0 nitrogen and oxygen atoms in total. The largest absolute Gasteiger partial charge is 0.560 e. The second kappa shape index (κ2) is 6.40. The molecule has 2 rings (SSSR count). The van der Waals surface area contributed by atoms with Crippen LogP contribution in [0, 0.1) is 6.07 Å². The van der Waals surface area contributed by atoms with E-state index in [0.29, 0.717) is 10.8 Å². The summed E-state index contributed by atoms with van der Waals surface area (Å²) in [4.78, 5) is 0. The summed E-state index contributed by atoms with van der Waals surface area (Å²) >= 11 is 6.44. The minimum atomic E-state index is 0.0417. The number of rotatable bonds is 0. The van der Waals surface area contributed by atoms with Gasteiger partial charge in [0.1, 0.15) is 0 Å².